The monoisotopic (exact) mass is 281 g/mol. The predicted molar refractivity (Wildman–Crippen MR) is 77.1 cm³/mol. The molecule has 2 aromatic rings. The average Bonchev–Trinajstić information content (AvgIpc) is 2.54. The Balaban J connectivity index is 1.86. The number of ether oxygens (including phenoxy) is 1. The van der Waals surface area contributed by atoms with Gasteiger partial charge in [0.1, 0.15) is 6.61 Å². The van der Waals surface area contributed by atoms with Gasteiger partial charge < -0.3 is 9.84 Å². The van der Waals surface area contributed by atoms with Gasteiger partial charge in [0.2, 0.25) is 0 Å². The molecule has 2 aromatic carbocycles. The fraction of sp³-hybridized carbons (Fsp3) is 0.176. The first-order valence-electron chi connectivity index (χ1n) is 6.56. The van der Waals surface area contributed by atoms with Crippen molar-refractivity contribution in [3.63, 3.8) is 0 Å². The summed E-state index contributed by atoms with van der Waals surface area (Å²) in [6, 6.07) is 18.0. The van der Waals surface area contributed by atoms with Crippen LogP contribution in [-0.4, -0.2) is 17.2 Å². The summed E-state index contributed by atoms with van der Waals surface area (Å²) in [5, 5.41) is 18.5. The van der Waals surface area contributed by atoms with Crippen molar-refractivity contribution in [1.82, 2.24) is 0 Å². The molecule has 0 bridgehead atoms. The van der Waals surface area contributed by atoms with Crippen LogP contribution in [0.3, 0.4) is 0 Å². The number of hydrogen-bond donors (Lipinski definition) is 1. The van der Waals surface area contributed by atoms with Gasteiger partial charge in [0.25, 0.3) is 0 Å². The van der Waals surface area contributed by atoms with Crippen LogP contribution in [0.1, 0.15) is 16.7 Å². The van der Waals surface area contributed by atoms with Gasteiger partial charge in [0.05, 0.1) is 11.6 Å². The van der Waals surface area contributed by atoms with Crippen molar-refractivity contribution in [2.24, 2.45) is 0 Å². The Kier molecular flexibility index (Phi) is 5.08. The number of nitrogens with zero attached hydrogens (tertiary/aromatic N) is 1. The van der Waals surface area contributed by atoms with Crippen molar-refractivity contribution in [2.75, 3.05) is 0 Å². The van der Waals surface area contributed by atoms with Crippen molar-refractivity contribution in [2.45, 2.75) is 19.1 Å². The van der Waals surface area contributed by atoms with E-state index in [1.54, 1.807) is 24.3 Å². The molecule has 2 rings (SSSR count). The van der Waals surface area contributed by atoms with Gasteiger partial charge in [-0.1, -0.05) is 42.5 Å². The minimum atomic E-state index is -1.21. The van der Waals surface area contributed by atoms with Crippen LogP contribution in [0.25, 0.3) is 0 Å². The minimum absolute atomic E-state index is 0.143. The molecule has 4 heteroatoms. The van der Waals surface area contributed by atoms with E-state index in [1.165, 1.54) is 0 Å². The van der Waals surface area contributed by atoms with E-state index in [-0.39, 0.29) is 13.0 Å². The van der Waals surface area contributed by atoms with E-state index < -0.39 is 12.1 Å². The van der Waals surface area contributed by atoms with Crippen LogP contribution in [-0.2, 0) is 22.6 Å². The van der Waals surface area contributed by atoms with Crippen LogP contribution in [0.15, 0.2) is 54.6 Å². The number of carbonyl (C=O) groups excluding carboxylic acids is 1. The van der Waals surface area contributed by atoms with Crippen LogP contribution in [0.2, 0.25) is 0 Å². The third kappa shape index (κ3) is 4.44. The lowest BCUT2D eigenvalue weighted by Crippen LogP contribution is -2.25. The SMILES string of the molecule is N#Cc1ccc(C[C@@H](O)C(=O)OCc2ccccc2)cc1. The van der Waals surface area contributed by atoms with Crippen molar-refractivity contribution in [3.05, 3.63) is 71.3 Å². The number of esters is 1. The van der Waals surface area contributed by atoms with Gasteiger partial charge in [-0.25, -0.2) is 4.79 Å². The number of hydrogen-bond acceptors (Lipinski definition) is 4. The molecule has 0 saturated carbocycles. The third-order valence-electron chi connectivity index (χ3n) is 3.01. The van der Waals surface area contributed by atoms with Crippen LogP contribution >= 0.6 is 0 Å². The minimum Gasteiger partial charge on any atom is -0.459 e. The lowest BCUT2D eigenvalue weighted by Gasteiger charge is -2.11. The Morgan fingerprint density at radius 1 is 1.10 bits per heavy atom. The zero-order valence-electron chi connectivity index (χ0n) is 11.4. The molecule has 0 aliphatic rings. The molecular formula is C17H15NO3. The highest BCUT2D eigenvalue weighted by molar-refractivity contribution is 5.74. The van der Waals surface area contributed by atoms with Gasteiger partial charge >= 0.3 is 5.97 Å². The van der Waals surface area contributed by atoms with Crippen molar-refractivity contribution >= 4 is 5.97 Å². The zero-order valence-corrected chi connectivity index (χ0v) is 11.4. The van der Waals surface area contributed by atoms with Crippen LogP contribution < -0.4 is 0 Å². The molecule has 0 amide bonds. The Bertz CT molecular complexity index is 629. The summed E-state index contributed by atoms with van der Waals surface area (Å²) in [7, 11) is 0. The van der Waals surface area contributed by atoms with Gasteiger partial charge in [0, 0.05) is 6.42 Å². The molecule has 21 heavy (non-hydrogen) atoms. The molecule has 0 fully saturated rings. The first-order chi connectivity index (χ1) is 10.2. The highest BCUT2D eigenvalue weighted by atomic mass is 16.5. The standard InChI is InChI=1S/C17H15NO3/c18-11-14-8-6-13(7-9-14)10-16(19)17(20)21-12-15-4-2-1-3-5-15/h1-9,16,19H,10,12H2/t16-/m1/s1. The maximum atomic E-state index is 11.7. The fourth-order valence-corrected chi connectivity index (χ4v) is 1.85. The molecule has 0 heterocycles. The van der Waals surface area contributed by atoms with E-state index in [4.69, 9.17) is 10.00 Å². The molecule has 4 nitrogen and oxygen atoms in total. The second kappa shape index (κ2) is 7.22. The summed E-state index contributed by atoms with van der Waals surface area (Å²) in [6.07, 6.45) is -1.04. The predicted octanol–water partition coefficient (Wildman–Crippen LogP) is 2.21. The lowest BCUT2D eigenvalue weighted by atomic mass is 10.1. The Morgan fingerprint density at radius 3 is 2.38 bits per heavy atom. The molecule has 0 unspecified atom stereocenters. The number of carbonyl (C=O) groups is 1. The van der Waals surface area contributed by atoms with Gasteiger partial charge in [-0.3, -0.25) is 0 Å². The van der Waals surface area contributed by atoms with Crippen LogP contribution in [0, 0.1) is 11.3 Å². The molecule has 0 saturated heterocycles. The number of aliphatic hydroxyl groups excluding tert-OH is 1. The van der Waals surface area contributed by atoms with E-state index in [0.29, 0.717) is 5.56 Å². The number of benzene rings is 2. The van der Waals surface area contributed by atoms with Gasteiger partial charge in [-0.2, -0.15) is 5.26 Å². The molecule has 1 atom stereocenters. The third-order valence-corrected chi connectivity index (χ3v) is 3.01. The highest BCUT2D eigenvalue weighted by Gasteiger charge is 2.17. The highest BCUT2D eigenvalue weighted by Crippen LogP contribution is 2.08. The van der Waals surface area contributed by atoms with Gasteiger partial charge in [0.15, 0.2) is 6.10 Å². The van der Waals surface area contributed by atoms with Crippen LogP contribution in [0.4, 0.5) is 0 Å². The largest absolute Gasteiger partial charge is 0.459 e. The maximum absolute atomic E-state index is 11.7. The Morgan fingerprint density at radius 2 is 1.76 bits per heavy atom. The average molecular weight is 281 g/mol. The molecular weight excluding hydrogens is 266 g/mol. The number of aliphatic hydroxyl groups is 1. The summed E-state index contributed by atoms with van der Waals surface area (Å²) < 4.78 is 5.07. The summed E-state index contributed by atoms with van der Waals surface area (Å²) in [6.45, 7) is 0.143. The Hall–Kier alpha value is -2.64. The fourth-order valence-electron chi connectivity index (χ4n) is 1.85. The molecule has 1 N–H and O–H groups in total. The molecule has 0 aliphatic carbocycles. The molecule has 0 aromatic heterocycles. The van der Waals surface area contributed by atoms with E-state index >= 15 is 0 Å². The lowest BCUT2D eigenvalue weighted by molar-refractivity contribution is -0.154. The molecule has 0 radical (unpaired) electrons. The van der Waals surface area contributed by atoms with E-state index in [1.807, 2.05) is 36.4 Å². The number of nitriles is 1. The number of rotatable bonds is 5. The topological polar surface area (TPSA) is 70.3 Å². The summed E-state index contributed by atoms with van der Waals surface area (Å²) in [5.74, 6) is -0.650. The van der Waals surface area contributed by atoms with Gasteiger partial charge in [-0.15, -0.1) is 0 Å². The second-order valence-electron chi connectivity index (χ2n) is 4.62. The summed E-state index contributed by atoms with van der Waals surface area (Å²) >= 11 is 0. The second-order valence-corrected chi connectivity index (χ2v) is 4.62. The molecule has 106 valence electrons. The van der Waals surface area contributed by atoms with E-state index in [0.717, 1.165) is 11.1 Å². The smallest absolute Gasteiger partial charge is 0.335 e. The van der Waals surface area contributed by atoms with Crippen molar-refractivity contribution in [1.29, 1.82) is 5.26 Å². The quantitative estimate of drug-likeness (QED) is 0.853. The zero-order chi connectivity index (χ0) is 15.1. The molecule has 0 aliphatic heterocycles. The Labute approximate surface area is 123 Å². The van der Waals surface area contributed by atoms with Crippen molar-refractivity contribution < 1.29 is 14.6 Å². The van der Waals surface area contributed by atoms with Crippen molar-refractivity contribution in [3.8, 4) is 6.07 Å². The summed E-state index contributed by atoms with van der Waals surface area (Å²) in [5.41, 5.74) is 2.19. The van der Waals surface area contributed by atoms with Gasteiger partial charge in [-0.05, 0) is 23.3 Å². The van der Waals surface area contributed by atoms with E-state index in [9.17, 15) is 9.90 Å². The first kappa shape index (κ1) is 14.8. The molecule has 0 spiro atoms. The van der Waals surface area contributed by atoms with Crippen LogP contribution in [0.5, 0.6) is 0 Å². The summed E-state index contributed by atoms with van der Waals surface area (Å²) in [4.78, 5) is 11.7. The first-order valence-corrected chi connectivity index (χ1v) is 6.56. The normalized spacial score (nSPS) is 11.4. The van der Waals surface area contributed by atoms with E-state index in [2.05, 4.69) is 0 Å². The maximum Gasteiger partial charge on any atom is 0.335 e.